The first-order chi connectivity index (χ1) is 38.2. The van der Waals surface area contributed by atoms with Gasteiger partial charge in [0.1, 0.15) is 0 Å². The fourth-order valence-corrected chi connectivity index (χ4v) is 12.8. The lowest BCUT2D eigenvalue weighted by atomic mass is 9.70. The third kappa shape index (κ3) is 7.25. The van der Waals surface area contributed by atoms with Gasteiger partial charge in [0, 0.05) is 34.1 Å². The molecule has 1 spiro atoms. The second-order valence-electron chi connectivity index (χ2n) is 20.4. The van der Waals surface area contributed by atoms with Crippen LogP contribution in [0.1, 0.15) is 22.3 Å². The molecule has 0 heterocycles. The molecule has 0 N–H and O–H groups in total. The van der Waals surface area contributed by atoms with E-state index in [0.717, 1.165) is 45.3 Å². The minimum absolute atomic E-state index is 0.469. The zero-order valence-electron chi connectivity index (χ0n) is 42.3. The normalized spacial score (nSPS) is 12.5. The highest BCUT2D eigenvalue weighted by atomic mass is 15.1. The summed E-state index contributed by atoms with van der Waals surface area (Å²) in [5.41, 5.74) is 23.5. The van der Waals surface area contributed by atoms with Gasteiger partial charge >= 0.3 is 0 Å². The molecule has 0 radical (unpaired) electrons. The average molecular weight is 979 g/mol. The summed E-state index contributed by atoms with van der Waals surface area (Å²) in [5.74, 6) is 0. The second kappa shape index (κ2) is 18.1. The van der Waals surface area contributed by atoms with Crippen molar-refractivity contribution in [3.05, 3.63) is 326 Å². The van der Waals surface area contributed by atoms with Crippen molar-refractivity contribution in [3.63, 3.8) is 0 Å². The minimum atomic E-state index is -0.469. The number of rotatable bonds is 10. The standard InChI is InChI=1S/C75H50N2/c1-4-18-51(19-5-1)57-25-14-28-63(46-57)76(64-29-15-26-58(47-64)52-20-6-2-7-21-52)61-42-38-54(39-43-61)55-40-44-62(45-41-55)77(65-30-16-27-59(48-65)53-22-8-3-9-23-53)66-49-60-37-36-56-24-17-35-71-73(56)74(60)72(50-66)75(71)69-33-12-10-31-67(69)68-32-11-13-34-70(68)75/h1-50H. The van der Waals surface area contributed by atoms with Crippen molar-refractivity contribution < 1.29 is 0 Å². The molecule has 0 amide bonds. The van der Waals surface area contributed by atoms with Gasteiger partial charge < -0.3 is 9.80 Å². The van der Waals surface area contributed by atoms with Gasteiger partial charge in [-0.15, -0.1) is 0 Å². The SMILES string of the molecule is c1ccc(-c2cccc(N(c3ccc(-c4ccc(N(c5cccc(-c6ccccc6)c5)c5cc6c7c(ccc8cccc(c87)C67c6ccccc6-c6ccccc67)c5)cc4)cc3)c3cccc(-c4ccccc4)c3)c2)cc1. The van der Waals surface area contributed by atoms with Crippen LogP contribution in [0.3, 0.4) is 0 Å². The molecule has 13 aromatic rings. The number of hydrogen-bond donors (Lipinski definition) is 0. The van der Waals surface area contributed by atoms with E-state index in [2.05, 4.69) is 313 Å². The lowest BCUT2D eigenvalue weighted by molar-refractivity contribution is 0.797. The lowest BCUT2D eigenvalue weighted by Gasteiger charge is -2.32. The first-order valence-electron chi connectivity index (χ1n) is 26.6. The van der Waals surface area contributed by atoms with E-state index in [-0.39, 0.29) is 0 Å². The summed E-state index contributed by atoms with van der Waals surface area (Å²) in [6.07, 6.45) is 0. The Balaban J connectivity index is 0.853. The van der Waals surface area contributed by atoms with Crippen molar-refractivity contribution in [3.8, 4) is 55.6 Å². The number of hydrogen-bond acceptors (Lipinski definition) is 2. The second-order valence-corrected chi connectivity index (χ2v) is 20.4. The summed E-state index contributed by atoms with van der Waals surface area (Å²) < 4.78 is 0. The van der Waals surface area contributed by atoms with Gasteiger partial charge in [-0.2, -0.15) is 0 Å². The maximum atomic E-state index is 2.51. The van der Waals surface area contributed by atoms with E-state index in [0.29, 0.717) is 0 Å². The van der Waals surface area contributed by atoms with E-state index >= 15 is 0 Å². The van der Waals surface area contributed by atoms with Gasteiger partial charge in [-0.25, -0.2) is 0 Å². The van der Waals surface area contributed by atoms with Crippen LogP contribution in [-0.4, -0.2) is 0 Å². The van der Waals surface area contributed by atoms with E-state index in [1.165, 1.54) is 88.3 Å². The first kappa shape index (κ1) is 44.5. The molecule has 0 aliphatic heterocycles. The van der Waals surface area contributed by atoms with Crippen LogP contribution in [0.2, 0.25) is 0 Å². The van der Waals surface area contributed by atoms with Crippen molar-refractivity contribution in [1.82, 2.24) is 0 Å². The van der Waals surface area contributed by atoms with Crippen LogP contribution < -0.4 is 9.80 Å². The van der Waals surface area contributed by atoms with Crippen LogP contribution in [-0.2, 0) is 5.41 Å². The predicted molar refractivity (Wildman–Crippen MR) is 323 cm³/mol. The van der Waals surface area contributed by atoms with E-state index in [1.807, 2.05) is 0 Å². The highest BCUT2D eigenvalue weighted by Gasteiger charge is 2.51. The number of anilines is 6. The van der Waals surface area contributed by atoms with Gasteiger partial charge in [0.05, 0.1) is 5.41 Å². The molecule has 77 heavy (non-hydrogen) atoms. The van der Waals surface area contributed by atoms with E-state index in [9.17, 15) is 0 Å². The summed E-state index contributed by atoms with van der Waals surface area (Å²) in [4.78, 5) is 4.84. The largest absolute Gasteiger partial charge is 0.310 e. The number of benzene rings is 13. The first-order valence-corrected chi connectivity index (χ1v) is 26.6. The Morgan fingerprint density at radius 3 is 1.04 bits per heavy atom. The molecule has 2 nitrogen and oxygen atoms in total. The van der Waals surface area contributed by atoms with E-state index in [4.69, 9.17) is 0 Å². The Labute approximate surface area is 449 Å². The van der Waals surface area contributed by atoms with Crippen LogP contribution in [0.15, 0.2) is 303 Å². The quantitative estimate of drug-likeness (QED) is 0.126. The Hall–Kier alpha value is -10.0. The summed E-state index contributed by atoms with van der Waals surface area (Å²) in [5, 5.41) is 5.22. The predicted octanol–water partition coefficient (Wildman–Crippen LogP) is 20.3. The van der Waals surface area contributed by atoms with Crippen molar-refractivity contribution in [1.29, 1.82) is 0 Å². The minimum Gasteiger partial charge on any atom is -0.310 e. The maximum absolute atomic E-state index is 2.51. The summed E-state index contributed by atoms with van der Waals surface area (Å²) in [6, 6.07) is 112. The van der Waals surface area contributed by atoms with Gasteiger partial charge in [-0.05, 0) is 172 Å². The Kier molecular flexibility index (Phi) is 10.5. The van der Waals surface area contributed by atoms with Gasteiger partial charge in [0.2, 0.25) is 0 Å². The number of fused-ring (bicyclic) bond motifs is 7. The lowest BCUT2D eigenvalue weighted by Crippen LogP contribution is -2.26. The van der Waals surface area contributed by atoms with Crippen LogP contribution in [0, 0.1) is 0 Å². The fraction of sp³-hybridized carbons (Fsp3) is 0.0133. The van der Waals surface area contributed by atoms with Gasteiger partial charge in [0.15, 0.2) is 0 Å². The molecule has 2 heteroatoms. The molecule has 15 rings (SSSR count). The highest BCUT2D eigenvalue weighted by molar-refractivity contribution is 6.18. The summed E-state index contributed by atoms with van der Waals surface area (Å²) in [6.45, 7) is 0. The Morgan fingerprint density at radius 2 is 0.558 bits per heavy atom. The van der Waals surface area contributed by atoms with Crippen LogP contribution in [0.4, 0.5) is 34.1 Å². The summed E-state index contributed by atoms with van der Waals surface area (Å²) in [7, 11) is 0. The fourth-order valence-electron chi connectivity index (χ4n) is 12.8. The van der Waals surface area contributed by atoms with Crippen LogP contribution in [0.5, 0.6) is 0 Å². The number of nitrogens with zero attached hydrogens (tertiary/aromatic N) is 2. The molecule has 0 fully saturated rings. The molecule has 0 saturated heterocycles. The zero-order valence-corrected chi connectivity index (χ0v) is 42.3. The molecular formula is C75H50N2. The molecule has 0 bridgehead atoms. The maximum Gasteiger partial charge on any atom is 0.0726 e. The summed E-state index contributed by atoms with van der Waals surface area (Å²) >= 11 is 0. The van der Waals surface area contributed by atoms with Crippen molar-refractivity contribution in [2.45, 2.75) is 5.41 Å². The van der Waals surface area contributed by atoms with E-state index < -0.39 is 5.41 Å². The van der Waals surface area contributed by atoms with Gasteiger partial charge in [-0.3, -0.25) is 0 Å². The van der Waals surface area contributed by atoms with Crippen LogP contribution in [0.25, 0.3) is 77.2 Å². The van der Waals surface area contributed by atoms with E-state index in [1.54, 1.807) is 0 Å². The molecule has 13 aromatic carbocycles. The Morgan fingerprint density at radius 1 is 0.195 bits per heavy atom. The highest BCUT2D eigenvalue weighted by Crippen LogP contribution is 2.63. The molecule has 0 atom stereocenters. The monoisotopic (exact) mass is 978 g/mol. The third-order valence-electron chi connectivity index (χ3n) is 16.2. The van der Waals surface area contributed by atoms with Crippen molar-refractivity contribution in [2.75, 3.05) is 9.80 Å². The topological polar surface area (TPSA) is 6.48 Å². The molecule has 360 valence electrons. The van der Waals surface area contributed by atoms with Crippen molar-refractivity contribution >= 4 is 55.7 Å². The molecule has 0 saturated carbocycles. The smallest absolute Gasteiger partial charge is 0.0726 e. The third-order valence-corrected chi connectivity index (χ3v) is 16.2. The molecule has 0 aromatic heterocycles. The molecular weight excluding hydrogens is 929 g/mol. The zero-order chi connectivity index (χ0) is 50.9. The van der Waals surface area contributed by atoms with Crippen LogP contribution >= 0.6 is 0 Å². The molecule has 0 unspecified atom stereocenters. The molecule has 2 aliphatic carbocycles. The molecule has 2 aliphatic rings. The van der Waals surface area contributed by atoms with Gasteiger partial charge in [0.25, 0.3) is 0 Å². The van der Waals surface area contributed by atoms with Crippen molar-refractivity contribution in [2.24, 2.45) is 0 Å². The van der Waals surface area contributed by atoms with Gasteiger partial charge in [-0.1, -0.05) is 231 Å². The Bertz CT molecular complexity index is 4240. The average Bonchev–Trinajstić information content (AvgIpc) is 4.22.